The Hall–Kier alpha value is -3.72. The van der Waals surface area contributed by atoms with Gasteiger partial charge in [-0.2, -0.15) is 0 Å². The monoisotopic (exact) mass is 491 g/mol. The number of aliphatic hydroxyl groups is 1. The van der Waals surface area contributed by atoms with E-state index in [1.807, 2.05) is 13.8 Å². The molecule has 3 aromatic rings. The largest absolute Gasteiger partial charge is 0.458 e. The first-order chi connectivity index (χ1) is 17.3. The number of amides is 1. The van der Waals surface area contributed by atoms with Gasteiger partial charge >= 0.3 is 12.1 Å². The van der Waals surface area contributed by atoms with E-state index in [9.17, 15) is 19.5 Å². The van der Waals surface area contributed by atoms with E-state index >= 15 is 0 Å². The minimum absolute atomic E-state index is 0.0920. The molecular formula is C27H29N3O6. The van der Waals surface area contributed by atoms with Crippen LogP contribution in [0.25, 0.3) is 22.3 Å². The highest BCUT2D eigenvalue weighted by atomic mass is 16.6. The highest BCUT2D eigenvalue weighted by Gasteiger charge is 2.45. The number of pyridine rings is 2. The maximum atomic E-state index is 13.4. The van der Waals surface area contributed by atoms with Crippen molar-refractivity contribution in [2.75, 3.05) is 6.54 Å². The average molecular weight is 492 g/mol. The van der Waals surface area contributed by atoms with Crippen molar-refractivity contribution in [1.29, 1.82) is 0 Å². The van der Waals surface area contributed by atoms with Crippen LogP contribution in [0.15, 0.2) is 29.1 Å². The lowest BCUT2D eigenvalue weighted by atomic mass is 9.86. The molecule has 0 saturated heterocycles. The van der Waals surface area contributed by atoms with Gasteiger partial charge in [-0.25, -0.2) is 14.6 Å². The molecule has 1 aromatic carbocycles. The predicted molar refractivity (Wildman–Crippen MR) is 133 cm³/mol. The highest BCUT2D eigenvalue weighted by molar-refractivity contribution is 5.90. The Kier molecular flexibility index (Phi) is 6.04. The summed E-state index contributed by atoms with van der Waals surface area (Å²) in [4.78, 5) is 42.8. The lowest BCUT2D eigenvalue weighted by Crippen LogP contribution is -2.44. The van der Waals surface area contributed by atoms with Crippen LogP contribution in [0.1, 0.15) is 62.3 Å². The Morgan fingerprint density at radius 2 is 2.03 bits per heavy atom. The van der Waals surface area contributed by atoms with E-state index in [0.717, 1.165) is 29.4 Å². The lowest BCUT2D eigenvalue weighted by Gasteiger charge is -2.31. The first-order valence-electron chi connectivity index (χ1n) is 12.4. The number of aromatic nitrogens is 2. The van der Waals surface area contributed by atoms with Crippen LogP contribution in [-0.2, 0) is 34.7 Å². The zero-order valence-electron chi connectivity index (χ0n) is 20.6. The van der Waals surface area contributed by atoms with Gasteiger partial charge < -0.3 is 24.5 Å². The summed E-state index contributed by atoms with van der Waals surface area (Å²) < 4.78 is 12.3. The molecule has 4 heterocycles. The molecule has 0 spiro atoms. The van der Waals surface area contributed by atoms with Crippen LogP contribution < -0.4 is 15.6 Å². The van der Waals surface area contributed by atoms with Crippen molar-refractivity contribution in [2.45, 2.75) is 65.2 Å². The Morgan fingerprint density at radius 3 is 2.75 bits per heavy atom. The summed E-state index contributed by atoms with van der Waals surface area (Å²) in [5, 5.41) is 14.6. The van der Waals surface area contributed by atoms with E-state index in [4.69, 9.17) is 14.5 Å². The van der Waals surface area contributed by atoms with Crippen molar-refractivity contribution in [3.05, 3.63) is 56.9 Å². The van der Waals surface area contributed by atoms with Gasteiger partial charge in [-0.1, -0.05) is 27.2 Å². The second-order valence-corrected chi connectivity index (χ2v) is 9.22. The minimum Gasteiger partial charge on any atom is -0.458 e. The molecule has 188 valence electrons. The van der Waals surface area contributed by atoms with Gasteiger partial charge in [-0.05, 0) is 49.1 Å². The van der Waals surface area contributed by atoms with Gasteiger partial charge in [0.05, 0.1) is 29.0 Å². The van der Waals surface area contributed by atoms with E-state index in [-0.39, 0.29) is 18.6 Å². The molecule has 0 aliphatic carbocycles. The summed E-state index contributed by atoms with van der Waals surface area (Å²) in [6, 6.07) is 7.01. The van der Waals surface area contributed by atoms with E-state index in [1.54, 1.807) is 35.8 Å². The van der Waals surface area contributed by atoms with Crippen molar-refractivity contribution < 1.29 is 24.2 Å². The Balaban J connectivity index is 1.60. The zero-order valence-corrected chi connectivity index (χ0v) is 20.6. The standard InChI is InChI=1S/C27H29N3O6/c1-4-7-10-28-26(33)36-15-8-9-21-17(11-15)16(5-2)18-13-30-22(23(18)29-21)12-20-19(24(30)31)14-35-25(32)27(20,34)6-3/h8-9,11-12,34H,4-7,10,13-14H2,1-3H3,(H,28,33)/t27-/m0/s1. The van der Waals surface area contributed by atoms with Crippen LogP contribution in [0.2, 0.25) is 0 Å². The molecule has 2 N–H and O–H groups in total. The van der Waals surface area contributed by atoms with Crippen molar-refractivity contribution in [1.82, 2.24) is 14.9 Å². The molecule has 0 saturated carbocycles. The third-order valence-corrected chi connectivity index (χ3v) is 7.14. The summed E-state index contributed by atoms with van der Waals surface area (Å²) in [5.74, 6) is -0.327. The average Bonchev–Trinajstić information content (AvgIpc) is 3.24. The fourth-order valence-corrected chi connectivity index (χ4v) is 5.12. The summed E-state index contributed by atoms with van der Waals surface area (Å²) in [7, 11) is 0. The van der Waals surface area contributed by atoms with Gasteiger partial charge in [0.2, 0.25) is 0 Å². The van der Waals surface area contributed by atoms with E-state index in [1.165, 1.54) is 0 Å². The zero-order chi connectivity index (χ0) is 25.6. The number of esters is 1. The number of unbranched alkanes of at least 4 members (excludes halogenated alkanes) is 1. The smallest absolute Gasteiger partial charge is 0.412 e. The molecule has 0 fully saturated rings. The van der Waals surface area contributed by atoms with Gasteiger partial charge in [0.25, 0.3) is 5.56 Å². The fraction of sp³-hybridized carbons (Fsp3) is 0.407. The lowest BCUT2D eigenvalue weighted by molar-refractivity contribution is -0.172. The van der Waals surface area contributed by atoms with E-state index < -0.39 is 17.7 Å². The molecule has 1 amide bonds. The molecule has 2 aliphatic rings. The number of nitrogens with one attached hydrogen (secondary N) is 1. The highest BCUT2D eigenvalue weighted by Crippen LogP contribution is 2.40. The van der Waals surface area contributed by atoms with E-state index in [2.05, 4.69) is 5.32 Å². The number of cyclic esters (lactones) is 1. The fourth-order valence-electron chi connectivity index (χ4n) is 5.12. The summed E-state index contributed by atoms with van der Waals surface area (Å²) >= 11 is 0. The number of aryl methyl sites for hydroxylation is 1. The first-order valence-corrected chi connectivity index (χ1v) is 12.4. The molecule has 2 aromatic heterocycles. The van der Waals surface area contributed by atoms with Crippen molar-refractivity contribution in [2.24, 2.45) is 0 Å². The number of hydrogen-bond acceptors (Lipinski definition) is 7. The van der Waals surface area contributed by atoms with E-state index in [0.29, 0.717) is 53.3 Å². The Morgan fingerprint density at radius 1 is 1.22 bits per heavy atom. The van der Waals surface area contributed by atoms with Crippen molar-refractivity contribution in [3.8, 4) is 17.1 Å². The number of carbonyl (C=O) groups is 2. The Bertz CT molecular complexity index is 1460. The van der Waals surface area contributed by atoms with Crippen LogP contribution >= 0.6 is 0 Å². The topological polar surface area (TPSA) is 120 Å². The van der Waals surface area contributed by atoms with Gasteiger partial charge in [-0.3, -0.25) is 4.79 Å². The molecule has 0 bridgehead atoms. The summed E-state index contributed by atoms with van der Waals surface area (Å²) in [6.45, 7) is 6.47. The van der Waals surface area contributed by atoms with Crippen LogP contribution in [-0.4, -0.2) is 33.3 Å². The molecule has 1 atom stereocenters. The summed E-state index contributed by atoms with van der Waals surface area (Å²) in [6.07, 6.45) is 2.12. The normalized spacial score (nSPS) is 17.8. The van der Waals surface area contributed by atoms with Gasteiger partial charge in [0.1, 0.15) is 12.4 Å². The Labute approximate surface area is 208 Å². The molecule has 5 rings (SSSR count). The quantitative estimate of drug-likeness (QED) is 0.313. The molecule has 0 unspecified atom stereocenters. The molecule has 9 nitrogen and oxygen atoms in total. The molecule has 9 heteroatoms. The predicted octanol–water partition coefficient (Wildman–Crippen LogP) is 3.53. The van der Waals surface area contributed by atoms with Crippen molar-refractivity contribution in [3.63, 3.8) is 0 Å². The number of hydrogen-bond donors (Lipinski definition) is 2. The first kappa shape index (κ1) is 24.0. The van der Waals surface area contributed by atoms with Gasteiger partial charge in [0.15, 0.2) is 5.60 Å². The van der Waals surface area contributed by atoms with Crippen LogP contribution in [0.5, 0.6) is 5.75 Å². The third kappa shape index (κ3) is 3.65. The maximum Gasteiger partial charge on any atom is 0.412 e. The number of ether oxygens (including phenoxy) is 2. The molecule has 2 aliphatic heterocycles. The molecule has 0 radical (unpaired) electrons. The second kappa shape index (κ2) is 9.05. The minimum atomic E-state index is -1.86. The van der Waals surface area contributed by atoms with Crippen LogP contribution in [0, 0.1) is 0 Å². The SMILES string of the molecule is CCCCNC(=O)Oc1ccc2nc3c(c(CC)c2c1)Cn1c-3cc2c(c1=O)COC(=O)[C@]2(O)CC. The maximum absolute atomic E-state index is 13.4. The van der Waals surface area contributed by atoms with Crippen LogP contribution in [0.3, 0.4) is 0 Å². The van der Waals surface area contributed by atoms with Crippen molar-refractivity contribution >= 4 is 23.0 Å². The molecular weight excluding hydrogens is 462 g/mol. The number of fused-ring (bicyclic) bond motifs is 5. The molecule has 36 heavy (non-hydrogen) atoms. The summed E-state index contributed by atoms with van der Waals surface area (Å²) in [5.41, 5.74) is 2.27. The number of carbonyl (C=O) groups excluding carboxylic acids is 2. The van der Waals surface area contributed by atoms with Gasteiger partial charge in [-0.15, -0.1) is 0 Å². The number of nitrogens with zero attached hydrogens (tertiary/aromatic N) is 2. The van der Waals surface area contributed by atoms with Gasteiger partial charge in [0, 0.05) is 23.1 Å². The van der Waals surface area contributed by atoms with Crippen LogP contribution in [0.4, 0.5) is 4.79 Å². The number of benzene rings is 1. The second-order valence-electron chi connectivity index (χ2n) is 9.22. The third-order valence-electron chi connectivity index (χ3n) is 7.14. The number of rotatable bonds is 6.